The molecule has 1 amide bonds. The van der Waals surface area contributed by atoms with Gasteiger partial charge in [-0.3, -0.25) is 4.79 Å². The van der Waals surface area contributed by atoms with Gasteiger partial charge in [0.15, 0.2) is 6.04 Å². The summed E-state index contributed by atoms with van der Waals surface area (Å²) in [5, 5.41) is 9.92. The van der Waals surface area contributed by atoms with Gasteiger partial charge in [0.1, 0.15) is 0 Å². The van der Waals surface area contributed by atoms with Crippen LogP contribution in [0, 0.1) is 0 Å². The van der Waals surface area contributed by atoms with Crippen LogP contribution in [0.1, 0.15) is 31.9 Å². The van der Waals surface area contributed by atoms with Crippen molar-refractivity contribution in [3.8, 4) is 0 Å². The molecule has 1 aromatic rings. The Kier molecular flexibility index (Phi) is 5.82. The summed E-state index contributed by atoms with van der Waals surface area (Å²) in [6.45, 7) is 3.66. The minimum absolute atomic E-state index is 0.268. The summed E-state index contributed by atoms with van der Waals surface area (Å²) >= 11 is 9.15. The zero-order valence-corrected chi connectivity index (χ0v) is 13.0. The van der Waals surface area contributed by atoms with Crippen LogP contribution in [-0.2, 0) is 9.59 Å². The van der Waals surface area contributed by atoms with Crippen LogP contribution in [0.4, 0.5) is 0 Å². The molecule has 0 aromatic heterocycles. The summed E-state index contributed by atoms with van der Waals surface area (Å²) in [5.41, 5.74) is 0.514. The second kappa shape index (κ2) is 6.91. The van der Waals surface area contributed by atoms with Gasteiger partial charge in [-0.25, -0.2) is 4.79 Å². The van der Waals surface area contributed by atoms with Gasteiger partial charge in [-0.05, 0) is 18.6 Å². The predicted octanol–water partition coefficient (Wildman–Crippen LogP) is 3.49. The normalized spacial score (nSPS) is 12.0. The minimum atomic E-state index is -1.06. The number of hydrogen-bond acceptors (Lipinski definition) is 2. The maximum Gasteiger partial charge on any atom is 0.331 e. The van der Waals surface area contributed by atoms with Crippen LogP contribution in [0.15, 0.2) is 22.7 Å². The van der Waals surface area contributed by atoms with Gasteiger partial charge in [-0.15, -0.1) is 0 Å². The number of hydrogen-bond donors (Lipinski definition) is 1. The summed E-state index contributed by atoms with van der Waals surface area (Å²) in [6.07, 6.45) is 0.689. The van der Waals surface area contributed by atoms with E-state index in [0.717, 1.165) is 0 Å². The lowest BCUT2D eigenvalue weighted by atomic mass is 10.0. The molecule has 0 bridgehead atoms. The first-order valence-electron chi connectivity index (χ1n) is 5.83. The van der Waals surface area contributed by atoms with E-state index in [4.69, 9.17) is 11.6 Å². The number of amides is 1. The predicted molar refractivity (Wildman–Crippen MR) is 77.2 cm³/mol. The van der Waals surface area contributed by atoms with Crippen molar-refractivity contribution in [3.63, 3.8) is 0 Å². The molecule has 1 unspecified atom stereocenters. The molecule has 1 N–H and O–H groups in total. The van der Waals surface area contributed by atoms with Gasteiger partial charge in [-0.2, -0.15) is 0 Å². The fourth-order valence-electron chi connectivity index (χ4n) is 1.87. The third-order valence-corrected chi connectivity index (χ3v) is 3.59. The van der Waals surface area contributed by atoms with Gasteiger partial charge in [-0.1, -0.05) is 40.5 Å². The molecule has 0 fully saturated rings. The molecule has 6 heteroatoms. The van der Waals surface area contributed by atoms with Crippen molar-refractivity contribution in [2.45, 2.75) is 26.3 Å². The third kappa shape index (κ3) is 3.94. The first-order chi connectivity index (χ1) is 8.88. The van der Waals surface area contributed by atoms with Crippen LogP contribution in [0.2, 0.25) is 5.02 Å². The van der Waals surface area contributed by atoms with Crippen LogP contribution in [0.3, 0.4) is 0 Å². The molecule has 1 atom stereocenters. The topological polar surface area (TPSA) is 57.6 Å². The van der Waals surface area contributed by atoms with E-state index in [-0.39, 0.29) is 5.91 Å². The first-order valence-corrected chi connectivity index (χ1v) is 7.00. The number of benzene rings is 1. The van der Waals surface area contributed by atoms with Crippen molar-refractivity contribution in [1.82, 2.24) is 4.90 Å². The molecule has 0 saturated carbocycles. The first kappa shape index (κ1) is 16.0. The molecule has 0 heterocycles. The van der Waals surface area contributed by atoms with E-state index in [1.54, 1.807) is 18.2 Å². The highest BCUT2D eigenvalue weighted by atomic mass is 79.9. The zero-order chi connectivity index (χ0) is 14.6. The lowest BCUT2D eigenvalue weighted by molar-refractivity contribution is -0.149. The number of aliphatic carboxylic acids is 1. The molecule has 104 valence electrons. The van der Waals surface area contributed by atoms with E-state index >= 15 is 0 Å². The summed E-state index contributed by atoms with van der Waals surface area (Å²) in [6, 6.07) is 3.85. The Bertz CT molecular complexity index is 493. The van der Waals surface area contributed by atoms with Gasteiger partial charge >= 0.3 is 5.97 Å². The van der Waals surface area contributed by atoms with Crippen LogP contribution < -0.4 is 0 Å². The van der Waals surface area contributed by atoms with E-state index in [0.29, 0.717) is 28.0 Å². The zero-order valence-electron chi connectivity index (χ0n) is 10.7. The van der Waals surface area contributed by atoms with Crippen LogP contribution in [0.5, 0.6) is 0 Å². The average molecular weight is 349 g/mol. The summed E-state index contributed by atoms with van der Waals surface area (Å²) in [4.78, 5) is 24.5. The van der Waals surface area contributed by atoms with Crippen LogP contribution in [0.25, 0.3) is 0 Å². The number of rotatable bonds is 5. The Morgan fingerprint density at radius 3 is 2.53 bits per heavy atom. The molecule has 0 saturated heterocycles. The maximum absolute atomic E-state index is 11.7. The number of carboxylic acid groups (broad SMARTS) is 1. The van der Waals surface area contributed by atoms with Gasteiger partial charge < -0.3 is 10.0 Å². The maximum atomic E-state index is 11.7. The molecule has 19 heavy (non-hydrogen) atoms. The molecular formula is C13H15BrClNO3. The van der Waals surface area contributed by atoms with E-state index in [1.807, 2.05) is 6.92 Å². The van der Waals surface area contributed by atoms with E-state index < -0.39 is 12.0 Å². The second-order valence-electron chi connectivity index (χ2n) is 4.12. The highest BCUT2D eigenvalue weighted by Gasteiger charge is 2.30. The average Bonchev–Trinajstić information content (AvgIpc) is 2.30. The quantitative estimate of drug-likeness (QED) is 0.886. The van der Waals surface area contributed by atoms with Crippen molar-refractivity contribution in [3.05, 3.63) is 33.3 Å². The van der Waals surface area contributed by atoms with Crippen molar-refractivity contribution in [2.24, 2.45) is 0 Å². The Balaban J connectivity index is 3.26. The monoisotopic (exact) mass is 347 g/mol. The van der Waals surface area contributed by atoms with E-state index in [2.05, 4.69) is 15.9 Å². The van der Waals surface area contributed by atoms with Crippen molar-refractivity contribution in [2.75, 3.05) is 6.54 Å². The van der Waals surface area contributed by atoms with Crippen LogP contribution in [-0.4, -0.2) is 28.4 Å². The molecule has 0 radical (unpaired) electrons. The summed E-state index contributed by atoms with van der Waals surface area (Å²) < 4.78 is 0.578. The molecule has 1 aromatic carbocycles. The number of carboxylic acids is 1. The molecule has 0 aliphatic carbocycles. The fraction of sp³-hybridized carbons (Fsp3) is 0.385. The highest BCUT2D eigenvalue weighted by molar-refractivity contribution is 9.10. The van der Waals surface area contributed by atoms with Crippen molar-refractivity contribution >= 4 is 39.4 Å². The molecular weight excluding hydrogens is 334 g/mol. The van der Waals surface area contributed by atoms with Crippen molar-refractivity contribution < 1.29 is 14.7 Å². The Morgan fingerprint density at radius 2 is 2.11 bits per heavy atom. The molecule has 1 rings (SSSR count). The highest BCUT2D eigenvalue weighted by Crippen LogP contribution is 2.30. The van der Waals surface area contributed by atoms with Gasteiger partial charge in [0.25, 0.3) is 0 Å². The number of carbonyl (C=O) groups excluding carboxylic acids is 1. The fourth-order valence-corrected chi connectivity index (χ4v) is 2.77. The number of nitrogens with zero attached hydrogens (tertiary/aromatic N) is 1. The third-order valence-electron chi connectivity index (χ3n) is 2.67. The Hall–Kier alpha value is -1.07. The summed E-state index contributed by atoms with van der Waals surface area (Å²) in [5.74, 6) is -1.33. The smallest absolute Gasteiger partial charge is 0.331 e. The molecule has 4 nitrogen and oxygen atoms in total. The van der Waals surface area contributed by atoms with Gasteiger partial charge in [0, 0.05) is 28.5 Å². The van der Waals surface area contributed by atoms with Crippen LogP contribution >= 0.6 is 27.5 Å². The Labute approximate surface area is 125 Å². The molecule has 0 aliphatic heterocycles. The van der Waals surface area contributed by atoms with Gasteiger partial charge in [0.05, 0.1) is 0 Å². The SMILES string of the molecule is CCCN(C(C)=O)C(C(=O)O)c1ccc(Cl)cc1Br. The van der Waals surface area contributed by atoms with E-state index in [1.165, 1.54) is 11.8 Å². The second-order valence-corrected chi connectivity index (χ2v) is 5.41. The number of halogens is 2. The lowest BCUT2D eigenvalue weighted by Crippen LogP contribution is -2.38. The summed E-state index contributed by atoms with van der Waals surface area (Å²) in [7, 11) is 0. The molecule has 0 spiro atoms. The van der Waals surface area contributed by atoms with Gasteiger partial charge in [0.2, 0.25) is 5.91 Å². The van der Waals surface area contributed by atoms with Crippen molar-refractivity contribution in [1.29, 1.82) is 0 Å². The molecule has 0 aliphatic rings. The number of carbonyl (C=O) groups is 2. The minimum Gasteiger partial charge on any atom is -0.479 e. The lowest BCUT2D eigenvalue weighted by Gasteiger charge is -2.28. The standard InChI is InChI=1S/C13H15BrClNO3/c1-3-6-16(8(2)17)12(13(18)19)10-5-4-9(15)7-11(10)14/h4-5,7,12H,3,6H2,1-2H3,(H,18,19). The Morgan fingerprint density at radius 1 is 1.47 bits per heavy atom. The van der Waals surface area contributed by atoms with E-state index in [9.17, 15) is 14.7 Å². The largest absolute Gasteiger partial charge is 0.479 e.